The lowest BCUT2D eigenvalue weighted by atomic mass is 10.2. The fourth-order valence-corrected chi connectivity index (χ4v) is 3.26. The van der Waals surface area contributed by atoms with Crippen molar-refractivity contribution in [1.82, 2.24) is 10.2 Å². The van der Waals surface area contributed by atoms with E-state index in [1.165, 1.54) is 17.8 Å². The summed E-state index contributed by atoms with van der Waals surface area (Å²) in [4.78, 5) is 14.8. The first kappa shape index (κ1) is 16.2. The third kappa shape index (κ3) is 4.41. The molecule has 21 heavy (non-hydrogen) atoms. The second-order valence-corrected chi connectivity index (χ2v) is 6.15. The first-order valence-electron chi connectivity index (χ1n) is 7.20. The number of rotatable bonds is 6. The van der Waals surface area contributed by atoms with E-state index in [9.17, 15) is 13.6 Å². The lowest BCUT2D eigenvalue weighted by Gasteiger charge is -2.28. The van der Waals surface area contributed by atoms with E-state index in [0.717, 1.165) is 44.6 Å². The van der Waals surface area contributed by atoms with E-state index in [0.29, 0.717) is 4.90 Å². The summed E-state index contributed by atoms with van der Waals surface area (Å²) >= 11 is 1.25. The molecule has 0 bridgehead atoms. The first-order valence-corrected chi connectivity index (χ1v) is 8.18. The summed E-state index contributed by atoms with van der Waals surface area (Å²) in [7, 11) is 0. The molecule has 0 saturated carbocycles. The Hall–Kier alpha value is -1.14. The van der Waals surface area contributed by atoms with Crippen LogP contribution in [0.2, 0.25) is 0 Å². The lowest BCUT2D eigenvalue weighted by molar-refractivity contribution is -0.130. The molecule has 1 aromatic carbocycles. The van der Waals surface area contributed by atoms with E-state index < -0.39 is 11.6 Å². The standard InChI is InChI=1S/C15H20F2N2OS/c1-2-7-19(11-5-6-18-9-11)15(20)10-21-12-3-4-13(16)14(17)8-12/h3-4,8,11,18H,2,5-7,9-10H2,1H3. The predicted molar refractivity (Wildman–Crippen MR) is 80.4 cm³/mol. The highest BCUT2D eigenvalue weighted by atomic mass is 32.2. The molecule has 1 aliphatic heterocycles. The smallest absolute Gasteiger partial charge is 0.233 e. The van der Waals surface area contributed by atoms with Gasteiger partial charge in [0.15, 0.2) is 11.6 Å². The number of benzene rings is 1. The minimum Gasteiger partial charge on any atom is -0.338 e. The molecule has 0 spiro atoms. The van der Waals surface area contributed by atoms with Crippen LogP contribution in [-0.4, -0.2) is 42.2 Å². The van der Waals surface area contributed by atoms with Crippen molar-refractivity contribution >= 4 is 17.7 Å². The topological polar surface area (TPSA) is 32.3 Å². The molecule has 1 unspecified atom stereocenters. The largest absolute Gasteiger partial charge is 0.338 e. The van der Waals surface area contributed by atoms with E-state index in [2.05, 4.69) is 5.32 Å². The zero-order chi connectivity index (χ0) is 15.2. The molecule has 1 saturated heterocycles. The highest BCUT2D eigenvalue weighted by Gasteiger charge is 2.25. The van der Waals surface area contributed by atoms with Crippen LogP contribution in [0, 0.1) is 11.6 Å². The maximum Gasteiger partial charge on any atom is 0.233 e. The van der Waals surface area contributed by atoms with Crippen molar-refractivity contribution in [3.05, 3.63) is 29.8 Å². The molecule has 1 N–H and O–H groups in total. The second-order valence-electron chi connectivity index (χ2n) is 5.10. The number of halogens is 2. The van der Waals surface area contributed by atoms with Gasteiger partial charge in [-0.2, -0.15) is 0 Å². The van der Waals surface area contributed by atoms with Gasteiger partial charge < -0.3 is 10.2 Å². The summed E-state index contributed by atoms with van der Waals surface area (Å²) in [6.07, 6.45) is 1.89. The van der Waals surface area contributed by atoms with E-state index in [1.54, 1.807) is 0 Å². The number of hydrogen-bond acceptors (Lipinski definition) is 3. The minimum absolute atomic E-state index is 0.0558. The number of hydrogen-bond donors (Lipinski definition) is 1. The minimum atomic E-state index is -0.877. The SMILES string of the molecule is CCCN(C(=O)CSc1ccc(F)c(F)c1)C1CCNC1. The van der Waals surface area contributed by atoms with Crippen molar-refractivity contribution < 1.29 is 13.6 Å². The van der Waals surface area contributed by atoms with E-state index >= 15 is 0 Å². The fraction of sp³-hybridized carbons (Fsp3) is 0.533. The van der Waals surface area contributed by atoms with Crippen LogP contribution in [0.3, 0.4) is 0 Å². The Balaban J connectivity index is 1.93. The van der Waals surface area contributed by atoms with Crippen LogP contribution in [0.25, 0.3) is 0 Å². The quantitative estimate of drug-likeness (QED) is 0.819. The summed E-state index contributed by atoms with van der Waals surface area (Å²) in [5.41, 5.74) is 0. The molecule has 0 radical (unpaired) electrons. The maximum atomic E-state index is 13.1. The van der Waals surface area contributed by atoms with Crippen LogP contribution in [0.15, 0.2) is 23.1 Å². The molecular formula is C15H20F2N2OS. The number of carbonyl (C=O) groups is 1. The van der Waals surface area contributed by atoms with E-state index in [4.69, 9.17) is 0 Å². The van der Waals surface area contributed by atoms with Crippen LogP contribution in [0.1, 0.15) is 19.8 Å². The lowest BCUT2D eigenvalue weighted by Crippen LogP contribution is -2.43. The number of nitrogens with zero attached hydrogens (tertiary/aromatic N) is 1. The maximum absolute atomic E-state index is 13.1. The van der Waals surface area contributed by atoms with Crippen LogP contribution >= 0.6 is 11.8 Å². The normalized spacial score (nSPS) is 18.0. The molecule has 116 valence electrons. The number of thioether (sulfide) groups is 1. The zero-order valence-corrected chi connectivity index (χ0v) is 12.9. The van der Waals surface area contributed by atoms with Gasteiger partial charge in [-0.25, -0.2) is 8.78 Å². The summed E-state index contributed by atoms with van der Waals surface area (Å²) in [6, 6.07) is 3.97. The van der Waals surface area contributed by atoms with Crippen molar-refractivity contribution in [3.8, 4) is 0 Å². The first-order chi connectivity index (χ1) is 10.1. The molecular weight excluding hydrogens is 294 g/mol. The Bertz CT molecular complexity index is 493. The summed E-state index contributed by atoms with van der Waals surface area (Å²) in [6.45, 7) is 4.56. The monoisotopic (exact) mass is 314 g/mol. The molecule has 3 nitrogen and oxygen atoms in total. The highest BCUT2D eigenvalue weighted by Crippen LogP contribution is 2.21. The highest BCUT2D eigenvalue weighted by molar-refractivity contribution is 8.00. The third-order valence-corrected chi connectivity index (χ3v) is 4.49. The van der Waals surface area contributed by atoms with Crippen LogP contribution in [-0.2, 0) is 4.79 Å². The van der Waals surface area contributed by atoms with Crippen molar-refractivity contribution in [3.63, 3.8) is 0 Å². The van der Waals surface area contributed by atoms with Crippen LogP contribution in [0.4, 0.5) is 8.78 Å². The van der Waals surface area contributed by atoms with Crippen molar-refractivity contribution in [2.24, 2.45) is 0 Å². The van der Waals surface area contributed by atoms with Crippen molar-refractivity contribution in [1.29, 1.82) is 0 Å². The molecule has 2 rings (SSSR count). The van der Waals surface area contributed by atoms with Gasteiger partial charge in [-0.05, 0) is 37.6 Å². The third-order valence-electron chi connectivity index (χ3n) is 3.51. The number of nitrogens with one attached hydrogen (secondary N) is 1. The molecule has 1 atom stereocenters. The molecule has 1 aliphatic rings. The van der Waals surface area contributed by atoms with Gasteiger partial charge in [-0.3, -0.25) is 4.79 Å². The van der Waals surface area contributed by atoms with Crippen LogP contribution < -0.4 is 5.32 Å². The van der Waals surface area contributed by atoms with Gasteiger partial charge in [0.05, 0.1) is 5.75 Å². The molecule has 1 amide bonds. The van der Waals surface area contributed by atoms with Gasteiger partial charge in [0.2, 0.25) is 5.91 Å². The Morgan fingerprint density at radius 3 is 2.86 bits per heavy atom. The average Bonchev–Trinajstić information content (AvgIpc) is 2.99. The van der Waals surface area contributed by atoms with Crippen LogP contribution in [0.5, 0.6) is 0 Å². The Morgan fingerprint density at radius 2 is 2.24 bits per heavy atom. The average molecular weight is 314 g/mol. The molecule has 6 heteroatoms. The van der Waals surface area contributed by atoms with Gasteiger partial charge in [0, 0.05) is 24.0 Å². The number of amides is 1. The van der Waals surface area contributed by atoms with Gasteiger partial charge in [-0.15, -0.1) is 11.8 Å². The molecule has 1 heterocycles. The van der Waals surface area contributed by atoms with Gasteiger partial charge >= 0.3 is 0 Å². The number of carbonyl (C=O) groups excluding carboxylic acids is 1. The summed E-state index contributed by atoms with van der Waals surface area (Å²) in [5, 5.41) is 3.26. The Morgan fingerprint density at radius 1 is 1.43 bits per heavy atom. The molecule has 1 fully saturated rings. The second kappa shape index (κ2) is 7.75. The summed E-state index contributed by atoms with van der Waals surface area (Å²) < 4.78 is 26.0. The molecule has 0 aromatic heterocycles. The van der Waals surface area contributed by atoms with E-state index in [-0.39, 0.29) is 17.7 Å². The van der Waals surface area contributed by atoms with Crippen molar-refractivity contribution in [2.75, 3.05) is 25.4 Å². The van der Waals surface area contributed by atoms with Crippen molar-refractivity contribution in [2.45, 2.75) is 30.7 Å². The molecule has 0 aliphatic carbocycles. The predicted octanol–water partition coefficient (Wildman–Crippen LogP) is 2.66. The Labute approximate surface area is 128 Å². The Kier molecular flexibility index (Phi) is 5.99. The van der Waals surface area contributed by atoms with E-state index in [1.807, 2.05) is 11.8 Å². The zero-order valence-electron chi connectivity index (χ0n) is 12.1. The fourth-order valence-electron chi connectivity index (χ4n) is 2.45. The van der Waals surface area contributed by atoms with Gasteiger partial charge in [0.1, 0.15) is 0 Å². The van der Waals surface area contributed by atoms with Gasteiger partial charge in [0.25, 0.3) is 0 Å². The summed E-state index contributed by atoms with van der Waals surface area (Å²) in [5.74, 6) is -1.44. The van der Waals surface area contributed by atoms with Gasteiger partial charge in [-0.1, -0.05) is 6.92 Å². The molecule has 1 aromatic rings.